The number of imidazole rings is 1. The van der Waals surface area contributed by atoms with Crippen molar-refractivity contribution in [3.8, 4) is 0 Å². The molecule has 0 aliphatic rings. The van der Waals surface area contributed by atoms with Crippen LogP contribution in [0.25, 0.3) is 0 Å². The van der Waals surface area contributed by atoms with Crippen LogP contribution < -0.4 is 18.9 Å². The number of hydrogen-bond donors (Lipinski definition) is 0. The summed E-state index contributed by atoms with van der Waals surface area (Å²) >= 11 is 0. The van der Waals surface area contributed by atoms with E-state index in [0.717, 1.165) is 0 Å². The van der Waals surface area contributed by atoms with Gasteiger partial charge >= 0.3 is 18.9 Å². The summed E-state index contributed by atoms with van der Waals surface area (Å²) in [6.07, 6.45) is 6.12. The monoisotopic (exact) mass is 88.1 g/mol. The largest absolute Gasteiger partial charge is 1.00 e. The minimum atomic E-state index is 0. The molecule has 0 fully saturated rings. The number of rotatable bonds is 0. The molecule has 1 rings (SSSR count). The molecule has 0 aliphatic heterocycles. The molecule has 1 aromatic heterocycles. The molecule has 32 valence electrons. The van der Waals surface area contributed by atoms with Gasteiger partial charge in [0.25, 0.3) is 0 Å². The van der Waals surface area contributed by atoms with Gasteiger partial charge in [0, 0.05) is 0 Å². The van der Waals surface area contributed by atoms with Gasteiger partial charge in [-0.15, -0.1) is 0 Å². The van der Waals surface area contributed by atoms with Gasteiger partial charge in [0.2, 0.25) is 0 Å². The van der Waals surface area contributed by atoms with Crippen LogP contribution in [0.4, 0.5) is 0 Å². The Labute approximate surface area is 54.7 Å². The Balaban J connectivity index is 0.000000360. The molecule has 0 unspecified atom stereocenters. The quantitative estimate of drug-likeness (QED) is 0.248. The first kappa shape index (κ1) is 6.81. The van der Waals surface area contributed by atoms with Gasteiger partial charge in [0.05, 0.1) is 0 Å². The number of nitrogens with zero attached hydrogens (tertiary/aromatic N) is 2. The molecule has 0 spiro atoms. The summed E-state index contributed by atoms with van der Waals surface area (Å²) in [5, 5.41) is 0. The third-order valence-electron chi connectivity index (χ3n) is 0.576. The fraction of sp³-hybridized carbons (Fsp3) is 0.250. The number of aryl methyl sites for hydroxylation is 1. The van der Waals surface area contributed by atoms with E-state index in [9.17, 15) is 0 Å². The molecule has 2 nitrogen and oxygen atoms in total. The Morgan fingerprint density at radius 1 is 1.71 bits per heavy atom. The molecular formula is C4H5LiN2. The van der Waals surface area contributed by atoms with Crippen molar-refractivity contribution in [2.45, 2.75) is 0 Å². The first-order valence-corrected chi connectivity index (χ1v) is 1.73. The van der Waals surface area contributed by atoms with Crippen molar-refractivity contribution in [1.29, 1.82) is 0 Å². The Kier molecular flexibility index (Phi) is 2.82. The molecule has 0 amide bonds. The zero-order valence-corrected chi connectivity index (χ0v) is 4.55. The first-order chi connectivity index (χ1) is 2.89. The van der Waals surface area contributed by atoms with E-state index in [1.165, 1.54) is 0 Å². The van der Waals surface area contributed by atoms with Gasteiger partial charge in [0.1, 0.15) is 0 Å². The zero-order valence-electron chi connectivity index (χ0n) is 4.55. The van der Waals surface area contributed by atoms with Gasteiger partial charge in [-0.2, -0.15) is 6.20 Å². The third kappa shape index (κ3) is 1.82. The van der Waals surface area contributed by atoms with E-state index in [-0.39, 0.29) is 18.9 Å². The molecule has 3 heteroatoms. The van der Waals surface area contributed by atoms with E-state index in [0.29, 0.717) is 0 Å². The second kappa shape index (κ2) is 2.90. The molecule has 0 saturated carbocycles. The van der Waals surface area contributed by atoms with Crippen molar-refractivity contribution < 1.29 is 18.9 Å². The van der Waals surface area contributed by atoms with Crippen LogP contribution in [-0.4, -0.2) is 9.55 Å². The van der Waals surface area contributed by atoms with Crippen molar-refractivity contribution in [1.82, 2.24) is 9.55 Å². The van der Waals surface area contributed by atoms with Crippen LogP contribution in [0.5, 0.6) is 0 Å². The molecule has 1 aromatic rings. The van der Waals surface area contributed by atoms with Gasteiger partial charge in [-0.1, -0.05) is 12.5 Å². The Bertz CT molecular complexity index is 113. The normalized spacial score (nSPS) is 7.57. The third-order valence-corrected chi connectivity index (χ3v) is 0.576. The summed E-state index contributed by atoms with van der Waals surface area (Å²) in [6, 6.07) is 0. The van der Waals surface area contributed by atoms with Crippen LogP contribution in [0.2, 0.25) is 0 Å². The van der Waals surface area contributed by atoms with Crippen LogP contribution in [-0.2, 0) is 7.05 Å². The Hall–Kier alpha value is -0.193. The van der Waals surface area contributed by atoms with E-state index in [4.69, 9.17) is 0 Å². The summed E-state index contributed by atoms with van der Waals surface area (Å²) in [5.74, 6) is 0. The molecule has 0 atom stereocenters. The van der Waals surface area contributed by atoms with Crippen molar-refractivity contribution >= 4 is 0 Å². The van der Waals surface area contributed by atoms with Crippen molar-refractivity contribution in [2.24, 2.45) is 7.05 Å². The van der Waals surface area contributed by atoms with E-state index in [1.54, 1.807) is 17.1 Å². The SMILES string of the molecule is Cn1[c-]cnc1.[Li+]. The molecule has 0 aromatic carbocycles. The molecule has 0 radical (unpaired) electrons. The number of hydrogen-bond acceptors (Lipinski definition) is 1. The molecular weight excluding hydrogens is 83.0 g/mol. The number of aromatic nitrogens is 2. The molecule has 7 heavy (non-hydrogen) atoms. The molecule has 1 heterocycles. The topological polar surface area (TPSA) is 17.8 Å². The summed E-state index contributed by atoms with van der Waals surface area (Å²) in [6.45, 7) is 0. The fourth-order valence-electron chi connectivity index (χ4n) is 0.291. The van der Waals surface area contributed by atoms with E-state index >= 15 is 0 Å². The van der Waals surface area contributed by atoms with Crippen LogP contribution in [0.1, 0.15) is 0 Å². The van der Waals surface area contributed by atoms with Gasteiger partial charge in [-0.25, -0.2) is 0 Å². The van der Waals surface area contributed by atoms with E-state index in [1.807, 2.05) is 7.05 Å². The summed E-state index contributed by atoms with van der Waals surface area (Å²) in [7, 11) is 1.88. The van der Waals surface area contributed by atoms with Crippen molar-refractivity contribution in [2.75, 3.05) is 0 Å². The van der Waals surface area contributed by atoms with Crippen molar-refractivity contribution in [3.05, 3.63) is 18.7 Å². The average molecular weight is 88.0 g/mol. The van der Waals surface area contributed by atoms with E-state index in [2.05, 4.69) is 11.2 Å². The van der Waals surface area contributed by atoms with Crippen LogP contribution in [0.3, 0.4) is 0 Å². The minimum absolute atomic E-state index is 0. The van der Waals surface area contributed by atoms with Gasteiger partial charge in [0.15, 0.2) is 0 Å². The predicted octanol–water partition coefficient (Wildman–Crippen LogP) is -2.78. The maximum Gasteiger partial charge on any atom is 1.00 e. The van der Waals surface area contributed by atoms with Crippen molar-refractivity contribution in [3.63, 3.8) is 0 Å². The van der Waals surface area contributed by atoms with Crippen LogP contribution in [0.15, 0.2) is 12.5 Å². The van der Waals surface area contributed by atoms with Crippen LogP contribution >= 0.6 is 0 Å². The second-order valence-corrected chi connectivity index (χ2v) is 1.13. The molecule has 0 bridgehead atoms. The predicted molar refractivity (Wildman–Crippen MR) is 22.0 cm³/mol. The standard InChI is InChI=1S/C4H5N2.Li/c1-6-3-2-5-4-6;/h2,4H,1H3;/q-1;+1. The van der Waals surface area contributed by atoms with Gasteiger partial charge in [-0.05, 0) is 7.05 Å². The second-order valence-electron chi connectivity index (χ2n) is 1.13. The summed E-state index contributed by atoms with van der Waals surface area (Å²) in [5.41, 5.74) is 0. The van der Waals surface area contributed by atoms with Gasteiger partial charge in [-0.3, -0.25) is 0 Å². The maximum absolute atomic E-state index is 3.73. The first-order valence-electron chi connectivity index (χ1n) is 1.73. The Morgan fingerprint density at radius 2 is 2.43 bits per heavy atom. The molecule has 0 saturated heterocycles. The zero-order chi connectivity index (χ0) is 4.41. The maximum atomic E-state index is 3.73. The van der Waals surface area contributed by atoms with E-state index < -0.39 is 0 Å². The summed E-state index contributed by atoms with van der Waals surface area (Å²) < 4.78 is 1.76. The molecule has 0 aliphatic carbocycles. The fourth-order valence-corrected chi connectivity index (χ4v) is 0.291. The smallest absolute Gasteiger partial charge is 0.503 e. The average Bonchev–Trinajstić information content (AvgIpc) is 1.86. The summed E-state index contributed by atoms with van der Waals surface area (Å²) in [4.78, 5) is 3.73. The minimum Gasteiger partial charge on any atom is -0.503 e. The van der Waals surface area contributed by atoms with Crippen LogP contribution in [0, 0.1) is 6.20 Å². The Morgan fingerprint density at radius 3 is 2.57 bits per heavy atom. The van der Waals surface area contributed by atoms with Gasteiger partial charge < -0.3 is 9.55 Å². The molecule has 0 N–H and O–H groups in total.